The number of amides is 1. The van der Waals surface area contributed by atoms with E-state index < -0.39 is 17.5 Å². The standard InChI is InChI=1S/C27H26BN2O4/c1-4-5-10-30(14-28)27(34)17-6-8-19-20(12-17)26(33)23(25(19)32)24-22(31)13-18-11-16(15(2)3)7-9-21(18)29-24/h6-9,11-15,23,31H,4-5,10H2,1-3H3. The Morgan fingerprint density at radius 1 is 1.12 bits per heavy atom. The van der Waals surface area contributed by atoms with E-state index in [4.69, 9.17) is 7.49 Å². The molecule has 34 heavy (non-hydrogen) atoms. The first-order chi connectivity index (χ1) is 16.3. The van der Waals surface area contributed by atoms with Gasteiger partial charge in [0.15, 0.2) is 0 Å². The fraction of sp³-hybridized carbons (Fsp3) is 0.296. The molecule has 171 valence electrons. The number of aromatic hydroxyl groups is 1. The van der Waals surface area contributed by atoms with E-state index in [1.807, 2.05) is 25.1 Å². The number of pyridine rings is 1. The average molecular weight is 453 g/mol. The van der Waals surface area contributed by atoms with E-state index in [1.54, 1.807) is 6.07 Å². The van der Waals surface area contributed by atoms with Gasteiger partial charge in [0.1, 0.15) is 0 Å². The van der Waals surface area contributed by atoms with Crippen LogP contribution < -0.4 is 0 Å². The third kappa shape index (κ3) is 4.07. The molecule has 3 aromatic rings. The topological polar surface area (TPSA) is 87.6 Å². The number of rotatable bonds is 7. The maximum absolute atomic E-state index is 13.3. The Kier molecular flexibility index (Phi) is 6.46. The predicted molar refractivity (Wildman–Crippen MR) is 133 cm³/mol. The normalized spacial score (nSPS) is 15.1. The number of aromatic nitrogens is 1. The summed E-state index contributed by atoms with van der Waals surface area (Å²) in [4.78, 5) is 45.2. The summed E-state index contributed by atoms with van der Waals surface area (Å²) in [5.41, 5.74) is 2.38. The molecular weight excluding hydrogens is 427 g/mol. The molecule has 0 fully saturated rings. The van der Waals surface area contributed by atoms with Gasteiger partial charge in [-0.1, -0.05) is 19.9 Å². The van der Waals surface area contributed by atoms with E-state index in [0.29, 0.717) is 18.0 Å². The Morgan fingerprint density at radius 2 is 1.85 bits per heavy atom. The zero-order chi connectivity index (χ0) is 24.6. The molecule has 0 saturated carbocycles. The van der Waals surface area contributed by atoms with Crippen LogP contribution in [-0.4, -0.2) is 52.6 Å². The second-order valence-corrected chi connectivity index (χ2v) is 8.92. The van der Waals surface area contributed by atoms with E-state index in [0.717, 1.165) is 23.8 Å². The van der Waals surface area contributed by atoms with Gasteiger partial charge < -0.3 is 0 Å². The average Bonchev–Trinajstić information content (AvgIpc) is 3.07. The van der Waals surface area contributed by atoms with Gasteiger partial charge in [-0.2, -0.15) is 0 Å². The van der Waals surface area contributed by atoms with Crippen molar-refractivity contribution in [1.82, 2.24) is 9.88 Å². The molecule has 0 saturated heterocycles. The molecule has 1 aromatic heterocycles. The molecule has 7 heteroatoms. The SMILES string of the molecule is [B]=CN(CCCC)C(=O)c1ccc2c(c1)C(=O)C(c1nc3ccc(C(C)C)cc3cc1O)C2=O. The van der Waals surface area contributed by atoms with E-state index in [-0.39, 0.29) is 34.0 Å². The predicted octanol–water partition coefficient (Wildman–Crippen LogP) is 4.40. The van der Waals surface area contributed by atoms with Gasteiger partial charge in [0.2, 0.25) is 0 Å². The molecule has 1 aliphatic carbocycles. The summed E-state index contributed by atoms with van der Waals surface area (Å²) in [5.74, 6) is -2.39. The molecule has 6 nitrogen and oxygen atoms in total. The molecule has 1 unspecified atom stereocenters. The summed E-state index contributed by atoms with van der Waals surface area (Å²) >= 11 is 0. The number of nitrogens with zero attached hydrogens (tertiary/aromatic N) is 2. The van der Waals surface area contributed by atoms with Gasteiger partial charge in [0, 0.05) is 0 Å². The molecule has 1 amide bonds. The van der Waals surface area contributed by atoms with Gasteiger partial charge in [0.25, 0.3) is 0 Å². The summed E-state index contributed by atoms with van der Waals surface area (Å²) in [6.07, 6.45) is 2.91. The quantitative estimate of drug-likeness (QED) is 0.423. The van der Waals surface area contributed by atoms with Gasteiger partial charge >= 0.3 is 162 Å². The number of hydrogen-bond donors (Lipinski definition) is 1. The van der Waals surface area contributed by atoms with Crippen LogP contribution in [-0.2, 0) is 0 Å². The van der Waals surface area contributed by atoms with Crippen molar-refractivity contribution in [3.63, 3.8) is 0 Å². The van der Waals surface area contributed by atoms with Crippen LogP contribution in [0.2, 0.25) is 0 Å². The second kappa shape index (κ2) is 9.33. The first-order valence-electron chi connectivity index (χ1n) is 11.5. The molecule has 4 rings (SSSR count). The minimum absolute atomic E-state index is 0.0312. The van der Waals surface area contributed by atoms with Crippen molar-refractivity contribution in [1.29, 1.82) is 0 Å². The fourth-order valence-corrected chi connectivity index (χ4v) is 4.28. The van der Waals surface area contributed by atoms with Crippen LogP contribution in [0.25, 0.3) is 10.9 Å². The number of ketones is 2. The molecule has 1 aliphatic rings. The molecule has 2 aromatic carbocycles. The first-order valence-corrected chi connectivity index (χ1v) is 11.5. The van der Waals surface area contributed by atoms with Crippen LogP contribution in [0.1, 0.15) is 87.8 Å². The third-order valence-electron chi connectivity index (χ3n) is 6.30. The van der Waals surface area contributed by atoms with Gasteiger partial charge in [0.05, 0.1) is 0 Å². The molecule has 1 atom stereocenters. The summed E-state index contributed by atoms with van der Waals surface area (Å²) in [6.45, 7) is 6.62. The molecule has 1 heterocycles. The molecule has 0 aliphatic heterocycles. The molecule has 1 radical (unpaired) electrons. The number of carbonyl (C=O) groups excluding carboxylic acids is 3. The maximum atomic E-state index is 13.3. The van der Waals surface area contributed by atoms with Crippen LogP contribution in [0, 0.1) is 0 Å². The number of fused-ring (bicyclic) bond motifs is 2. The fourth-order valence-electron chi connectivity index (χ4n) is 4.28. The van der Waals surface area contributed by atoms with E-state index in [2.05, 4.69) is 18.8 Å². The Balaban J connectivity index is 1.70. The van der Waals surface area contributed by atoms with Crippen molar-refractivity contribution in [2.24, 2.45) is 0 Å². The minimum atomic E-state index is -1.24. The van der Waals surface area contributed by atoms with Crippen molar-refractivity contribution < 1.29 is 19.5 Å². The van der Waals surface area contributed by atoms with Crippen LogP contribution in [0.15, 0.2) is 42.5 Å². The summed E-state index contributed by atoms with van der Waals surface area (Å²) in [5, 5.41) is 11.4. The first kappa shape index (κ1) is 23.5. The molecule has 1 N–H and O–H groups in total. The summed E-state index contributed by atoms with van der Waals surface area (Å²) in [6, 6.07) is 11.7. The van der Waals surface area contributed by atoms with Crippen LogP contribution in [0.4, 0.5) is 0 Å². The Bertz CT molecular complexity index is 1330. The van der Waals surface area contributed by atoms with Crippen LogP contribution in [0.3, 0.4) is 0 Å². The van der Waals surface area contributed by atoms with E-state index in [1.165, 1.54) is 29.2 Å². The Hall–Kier alpha value is -3.61. The van der Waals surface area contributed by atoms with Crippen LogP contribution >= 0.6 is 0 Å². The van der Waals surface area contributed by atoms with Crippen molar-refractivity contribution >= 4 is 42.0 Å². The zero-order valence-corrected chi connectivity index (χ0v) is 19.5. The zero-order valence-electron chi connectivity index (χ0n) is 19.5. The molecule has 0 bridgehead atoms. The van der Waals surface area contributed by atoms with Gasteiger partial charge in [-0.25, -0.2) is 0 Å². The summed E-state index contributed by atoms with van der Waals surface area (Å²) in [7, 11) is 5.62. The Morgan fingerprint density at radius 3 is 2.53 bits per heavy atom. The van der Waals surface area contributed by atoms with Crippen LogP contribution in [0.5, 0.6) is 5.75 Å². The number of hydrogen-bond acceptors (Lipinski definition) is 5. The van der Waals surface area contributed by atoms with E-state index in [9.17, 15) is 19.5 Å². The van der Waals surface area contributed by atoms with Crippen molar-refractivity contribution in [2.45, 2.75) is 45.4 Å². The van der Waals surface area contributed by atoms with Crippen molar-refractivity contribution in [2.75, 3.05) is 6.54 Å². The van der Waals surface area contributed by atoms with Crippen molar-refractivity contribution in [3.8, 4) is 5.75 Å². The van der Waals surface area contributed by atoms with Gasteiger partial charge in [-0.05, 0) is 17.5 Å². The third-order valence-corrected chi connectivity index (χ3v) is 6.30. The van der Waals surface area contributed by atoms with Crippen molar-refractivity contribution in [3.05, 3.63) is 70.4 Å². The number of benzene rings is 2. The molecule has 0 spiro atoms. The summed E-state index contributed by atoms with van der Waals surface area (Å²) < 4.78 is 0. The second-order valence-electron chi connectivity index (χ2n) is 8.92. The monoisotopic (exact) mass is 453 g/mol. The Labute approximate surface area is 199 Å². The van der Waals surface area contributed by atoms with Gasteiger partial charge in [-0.15, -0.1) is 0 Å². The molecular formula is C27H26BN2O4. The number of Topliss-reactive ketones (excluding diaryl/α,β-unsaturated/α-hetero) is 2. The number of carbonyl (C=O) groups is 3. The van der Waals surface area contributed by atoms with E-state index >= 15 is 0 Å². The van der Waals surface area contributed by atoms with Gasteiger partial charge in [-0.3, -0.25) is 0 Å². The number of unbranched alkanes of at least 4 members (excludes halogenated alkanes) is 1.